The predicted molar refractivity (Wildman–Crippen MR) is 117 cm³/mol. The number of aryl methyl sites for hydroxylation is 1. The highest BCUT2D eigenvalue weighted by Crippen LogP contribution is 2.43. The first kappa shape index (κ1) is 20.2. The molecule has 162 valence electrons. The molecule has 1 aromatic heterocycles. The highest BCUT2D eigenvalue weighted by molar-refractivity contribution is 6.51. The number of nitrogens with zero attached hydrogens (tertiary/aromatic N) is 1. The lowest BCUT2D eigenvalue weighted by Gasteiger charge is -2.23. The first-order valence-electron chi connectivity index (χ1n) is 9.97. The molecule has 1 atom stereocenters. The van der Waals surface area contributed by atoms with E-state index in [1.807, 2.05) is 0 Å². The van der Waals surface area contributed by atoms with Crippen molar-refractivity contribution in [1.82, 2.24) is 0 Å². The van der Waals surface area contributed by atoms with Crippen LogP contribution in [0, 0.1) is 6.92 Å². The van der Waals surface area contributed by atoms with Gasteiger partial charge in [-0.1, -0.05) is 11.6 Å². The third kappa shape index (κ3) is 3.31. The molecule has 3 heterocycles. The lowest BCUT2D eigenvalue weighted by molar-refractivity contribution is -0.132. The number of carbonyl (C=O) groups excluding carboxylic acids is 2. The van der Waals surface area contributed by atoms with E-state index in [-0.39, 0.29) is 11.3 Å². The normalized spacial score (nSPS) is 19.4. The van der Waals surface area contributed by atoms with Gasteiger partial charge in [-0.2, -0.15) is 0 Å². The van der Waals surface area contributed by atoms with E-state index in [0.29, 0.717) is 52.5 Å². The minimum absolute atomic E-state index is 0.0732. The van der Waals surface area contributed by atoms with Gasteiger partial charge in [0.05, 0.1) is 5.57 Å². The number of furan rings is 1. The lowest BCUT2D eigenvalue weighted by atomic mass is 9.99. The Morgan fingerprint density at radius 2 is 1.72 bits per heavy atom. The van der Waals surface area contributed by atoms with Crippen molar-refractivity contribution in [3.63, 3.8) is 0 Å². The van der Waals surface area contributed by atoms with Crippen LogP contribution in [0.4, 0.5) is 5.69 Å². The van der Waals surface area contributed by atoms with E-state index in [4.69, 9.17) is 25.5 Å². The van der Waals surface area contributed by atoms with Crippen molar-refractivity contribution >= 4 is 34.7 Å². The maximum Gasteiger partial charge on any atom is 0.300 e. The molecule has 0 saturated carbocycles. The lowest BCUT2D eigenvalue weighted by Crippen LogP contribution is -2.29. The first-order chi connectivity index (χ1) is 15.4. The number of hydrogen-bond acceptors (Lipinski definition) is 6. The molecule has 1 fully saturated rings. The Balaban J connectivity index is 1.68. The summed E-state index contributed by atoms with van der Waals surface area (Å²) in [6.07, 6.45) is 0. The third-order valence-electron chi connectivity index (χ3n) is 5.40. The van der Waals surface area contributed by atoms with Crippen LogP contribution in [0.2, 0.25) is 5.02 Å². The fourth-order valence-electron chi connectivity index (χ4n) is 3.92. The van der Waals surface area contributed by atoms with E-state index in [1.54, 1.807) is 61.5 Å². The number of amides is 1. The average Bonchev–Trinajstić information content (AvgIpc) is 3.34. The summed E-state index contributed by atoms with van der Waals surface area (Å²) in [6.45, 7) is 2.57. The van der Waals surface area contributed by atoms with Crippen molar-refractivity contribution in [2.45, 2.75) is 13.0 Å². The van der Waals surface area contributed by atoms with Gasteiger partial charge in [0.2, 0.25) is 0 Å². The maximum atomic E-state index is 13.1. The fourth-order valence-corrected chi connectivity index (χ4v) is 4.04. The molecule has 32 heavy (non-hydrogen) atoms. The molecule has 0 radical (unpaired) electrons. The Morgan fingerprint density at radius 3 is 2.41 bits per heavy atom. The molecule has 8 heteroatoms. The minimum atomic E-state index is -0.946. The van der Waals surface area contributed by atoms with Gasteiger partial charge in [0.15, 0.2) is 11.5 Å². The second kappa shape index (κ2) is 7.76. The predicted octanol–water partition coefficient (Wildman–Crippen LogP) is 4.64. The van der Waals surface area contributed by atoms with Crippen molar-refractivity contribution in [2.24, 2.45) is 0 Å². The Morgan fingerprint density at radius 1 is 1.00 bits per heavy atom. The Hall–Kier alpha value is -3.71. The summed E-state index contributed by atoms with van der Waals surface area (Å²) in [7, 11) is 0. The number of rotatable bonds is 3. The van der Waals surface area contributed by atoms with Crippen LogP contribution in [0.3, 0.4) is 0 Å². The summed E-state index contributed by atoms with van der Waals surface area (Å²) in [5.41, 5.74) is 0.712. The van der Waals surface area contributed by atoms with Crippen molar-refractivity contribution in [3.8, 4) is 11.5 Å². The van der Waals surface area contributed by atoms with Gasteiger partial charge in [-0.05, 0) is 61.5 Å². The van der Waals surface area contributed by atoms with E-state index < -0.39 is 17.7 Å². The van der Waals surface area contributed by atoms with Gasteiger partial charge in [0.1, 0.15) is 36.5 Å². The molecular formula is C24H18ClNO6. The van der Waals surface area contributed by atoms with Gasteiger partial charge >= 0.3 is 0 Å². The average molecular weight is 452 g/mol. The second-order valence-electron chi connectivity index (χ2n) is 7.45. The standard InChI is InChI=1S/C24H18ClNO6/c1-13-2-8-18(32-13)21-20(22(27)14-3-9-17-19(12-14)31-11-10-30-17)23(28)24(29)26(21)16-6-4-15(25)5-7-16/h2-9,12,21,27H,10-11H2,1H3/b22-20-. The maximum absolute atomic E-state index is 13.1. The summed E-state index contributed by atoms with van der Waals surface area (Å²) in [6, 6.07) is 13.9. The van der Waals surface area contributed by atoms with Gasteiger partial charge in [-0.3, -0.25) is 14.5 Å². The quantitative estimate of drug-likeness (QED) is 0.354. The number of benzene rings is 2. The number of ether oxygens (including phenoxy) is 2. The molecule has 1 N–H and O–H groups in total. The highest BCUT2D eigenvalue weighted by Gasteiger charge is 2.48. The number of fused-ring (bicyclic) bond motifs is 1. The summed E-state index contributed by atoms with van der Waals surface area (Å²) in [5, 5.41) is 11.7. The van der Waals surface area contributed by atoms with Crippen LogP contribution in [0.25, 0.3) is 5.76 Å². The van der Waals surface area contributed by atoms with Crippen molar-refractivity contribution in [2.75, 3.05) is 18.1 Å². The van der Waals surface area contributed by atoms with Crippen LogP contribution in [0.5, 0.6) is 11.5 Å². The molecule has 0 bridgehead atoms. The van der Waals surface area contributed by atoms with Gasteiger partial charge in [0.25, 0.3) is 11.7 Å². The molecule has 2 aliphatic heterocycles. The van der Waals surface area contributed by atoms with E-state index >= 15 is 0 Å². The molecular weight excluding hydrogens is 434 g/mol. The molecule has 3 aromatic rings. The zero-order valence-electron chi connectivity index (χ0n) is 17.0. The van der Waals surface area contributed by atoms with E-state index in [9.17, 15) is 14.7 Å². The van der Waals surface area contributed by atoms with E-state index in [2.05, 4.69) is 0 Å². The molecule has 1 saturated heterocycles. The second-order valence-corrected chi connectivity index (χ2v) is 7.89. The highest BCUT2D eigenvalue weighted by atomic mass is 35.5. The summed E-state index contributed by atoms with van der Waals surface area (Å²) < 4.78 is 16.9. The Bertz CT molecular complexity index is 1260. The van der Waals surface area contributed by atoms with E-state index in [1.165, 1.54) is 4.90 Å². The molecule has 1 unspecified atom stereocenters. The molecule has 1 amide bonds. The van der Waals surface area contributed by atoms with Crippen molar-refractivity contribution < 1.29 is 28.6 Å². The van der Waals surface area contributed by atoms with Gasteiger partial charge in [0, 0.05) is 16.3 Å². The number of Topliss-reactive ketones (excluding diaryl/α,β-unsaturated/α-hetero) is 1. The topological polar surface area (TPSA) is 89.2 Å². The molecule has 7 nitrogen and oxygen atoms in total. The third-order valence-corrected chi connectivity index (χ3v) is 5.65. The first-order valence-corrected chi connectivity index (χ1v) is 10.3. The summed E-state index contributed by atoms with van der Waals surface area (Å²) >= 11 is 6.00. The fraction of sp³-hybridized carbons (Fsp3) is 0.167. The Labute approximate surface area is 188 Å². The van der Waals surface area contributed by atoms with Crippen LogP contribution in [-0.2, 0) is 9.59 Å². The zero-order chi connectivity index (χ0) is 22.4. The molecule has 0 aliphatic carbocycles. The van der Waals surface area contributed by atoms with Gasteiger partial charge in [-0.25, -0.2) is 0 Å². The number of halogens is 1. The number of carbonyl (C=O) groups is 2. The number of aliphatic hydroxyl groups excluding tert-OH is 1. The molecule has 5 rings (SSSR count). The number of anilines is 1. The summed E-state index contributed by atoms with van der Waals surface area (Å²) in [5.74, 6) is 0.0646. The number of ketones is 1. The smallest absolute Gasteiger partial charge is 0.300 e. The van der Waals surface area contributed by atoms with Crippen LogP contribution in [-0.4, -0.2) is 30.0 Å². The molecule has 2 aliphatic rings. The van der Waals surface area contributed by atoms with Gasteiger partial charge < -0.3 is 19.0 Å². The van der Waals surface area contributed by atoms with Crippen LogP contribution in [0.1, 0.15) is 23.1 Å². The molecule has 2 aromatic carbocycles. The molecule has 0 spiro atoms. The largest absolute Gasteiger partial charge is 0.507 e. The van der Waals surface area contributed by atoms with E-state index in [0.717, 1.165) is 0 Å². The zero-order valence-corrected chi connectivity index (χ0v) is 17.8. The van der Waals surface area contributed by atoms with Crippen LogP contribution >= 0.6 is 11.6 Å². The van der Waals surface area contributed by atoms with Gasteiger partial charge in [-0.15, -0.1) is 0 Å². The minimum Gasteiger partial charge on any atom is -0.507 e. The van der Waals surface area contributed by atoms with Crippen LogP contribution in [0.15, 0.2) is 64.6 Å². The number of hydrogen-bond donors (Lipinski definition) is 1. The van der Waals surface area contributed by atoms with Crippen molar-refractivity contribution in [3.05, 3.63) is 82.3 Å². The van der Waals surface area contributed by atoms with Crippen LogP contribution < -0.4 is 14.4 Å². The monoisotopic (exact) mass is 451 g/mol. The number of aliphatic hydroxyl groups is 1. The Kier molecular flexibility index (Phi) is 4.90. The SMILES string of the molecule is Cc1ccc(C2/C(=C(/O)c3ccc4c(c3)OCCO4)C(=O)C(=O)N2c2ccc(Cl)cc2)o1. The summed E-state index contributed by atoms with van der Waals surface area (Å²) in [4.78, 5) is 27.5. The van der Waals surface area contributed by atoms with Crippen molar-refractivity contribution in [1.29, 1.82) is 0 Å².